The highest BCUT2D eigenvalue weighted by molar-refractivity contribution is 6.31. The number of carbonyl (C=O) groups is 1. The summed E-state index contributed by atoms with van der Waals surface area (Å²) in [5, 5.41) is 12.1. The molecule has 1 unspecified atom stereocenters. The van der Waals surface area contributed by atoms with Gasteiger partial charge in [0.25, 0.3) is 5.91 Å². The predicted molar refractivity (Wildman–Crippen MR) is 104 cm³/mol. The minimum Gasteiger partial charge on any atom is -0.361 e. The maximum absolute atomic E-state index is 12.9. The Kier molecular flexibility index (Phi) is 5.65. The van der Waals surface area contributed by atoms with E-state index in [1.165, 1.54) is 0 Å². The first kappa shape index (κ1) is 19.2. The molecule has 0 aliphatic rings. The summed E-state index contributed by atoms with van der Waals surface area (Å²) >= 11 is 6.23. The predicted octanol–water partition coefficient (Wildman–Crippen LogP) is 4.38. The van der Waals surface area contributed by atoms with E-state index in [2.05, 4.69) is 15.6 Å². The van der Waals surface area contributed by atoms with Gasteiger partial charge in [0.2, 0.25) is 0 Å². The van der Waals surface area contributed by atoms with E-state index in [0.717, 1.165) is 23.4 Å². The molecule has 2 heterocycles. The summed E-state index contributed by atoms with van der Waals surface area (Å²) in [7, 11) is 0. The fourth-order valence-electron chi connectivity index (χ4n) is 3.07. The maximum Gasteiger partial charge on any atom is 0.274 e. The number of aryl methyl sites for hydroxylation is 2. The van der Waals surface area contributed by atoms with Gasteiger partial charge in [0, 0.05) is 5.56 Å². The van der Waals surface area contributed by atoms with Gasteiger partial charge in [-0.3, -0.25) is 9.48 Å². The Bertz CT molecular complexity index is 947. The molecule has 0 saturated heterocycles. The second kappa shape index (κ2) is 7.96. The lowest BCUT2D eigenvalue weighted by atomic mass is 10.0. The molecule has 3 aromatic rings. The van der Waals surface area contributed by atoms with Gasteiger partial charge in [0.05, 0.1) is 29.0 Å². The van der Waals surface area contributed by atoms with Crippen LogP contribution in [0.4, 0.5) is 0 Å². The van der Waals surface area contributed by atoms with Gasteiger partial charge in [0.15, 0.2) is 5.69 Å². The van der Waals surface area contributed by atoms with Gasteiger partial charge in [-0.05, 0) is 32.8 Å². The quantitative estimate of drug-likeness (QED) is 0.682. The lowest BCUT2D eigenvalue weighted by molar-refractivity contribution is 0.0925. The third kappa shape index (κ3) is 3.90. The third-order valence-corrected chi connectivity index (χ3v) is 5.26. The number of amides is 1. The number of carbonyl (C=O) groups excluding carboxylic acids is 1. The number of nitrogens with zero attached hydrogens (tertiary/aromatic N) is 3. The van der Waals surface area contributed by atoms with Crippen LogP contribution in [-0.2, 0) is 6.54 Å². The highest BCUT2D eigenvalue weighted by Gasteiger charge is 2.24. The maximum atomic E-state index is 12.9. The van der Waals surface area contributed by atoms with E-state index in [1.807, 2.05) is 51.1 Å². The van der Waals surface area contributed by atoms with Gasteiger partial charge in [-0.1, -0.05) is 54.0 Å². The first-order valence-corrected chi connectivity index (χ1v) is 9.30. The van der Waals surface area contributed by atoms with E-state index in [-0.39, 0.29) is 17.6 Å². The highest BCUT2D eigenvalue weighted by atomic mass is 35.5. The van der Waals surface area contributed by atoms with Crippen LogP contribution >= 0.6 is 11.6 Å². The van der Waals surface area contributed by atoms with Crippen LogP contribution < -0.4 is 5.32 Å². The fourth-order valence-corrected chi connectivity index (χ4v) is 3.20. The van der Waals surface area contributed by atoms with Crippen molar-refractivity contribution in [3.05, 3.63) is 69.3 Å². The van der Waals surface area contributed by atoms with Crippen LogP contribution in [0.15, 0.2) is 34.9 Å². The second-order valence-electron chi connectivity index (χ2n) is 6.55. The van der Waals surface area contributed by atoms with E-state index in [0.29, 0.717) is 22.9 Å². The topological polar surface area (TPSA) is 73.0 Å². The summed E-state index contributed by atoms with van der Waals surface area (Å²) in [6.07, 6.45) is 0.773. The number of hydrogen-bond donors (Lipinski definition) is 1. The van der Waals surface area contributed by atoms with Crippen molar-refractivity contribution in [2.75, 3.05) is 0 Å². The van der Waals surface area contributed by atoms with E-state index < -0.39 is 0 Å². The average Bonchev–Trinajstić information content (AvgIpc) is 3.15. The van der Waals surface area contributed by atoms with Gasteiger partial charge in [-0.15, -0.1) is 0 Å². The smallest absolute Gasteiger partial charge is 0.274 e. The van der Waals surface area contributed by atoms with E-state index >= 15 is 0 Å². The Hall–Kier alpha value is -2.60. The molecule has 0 saturated carbocycles. The molecule has 0 bridgehead atoms. The molecule has 0 fully saturated rings. The summed E-state index contributed by atoms with van der Waals surface area (Å²) in [5.41, 5.74) is 3.64. The molecule has 142 valence electrons. The van der Waals surface area contributed by atoms with E-state index in [9.17, 15) is 4.79 Å². The van der Waals surface area contributed by atoms with Crippen molar-refractivity contribution in [2.45, 2.75) is 46.7 Å². The molecular formula is C20H23ClN4O2. The van der Waals surface area contributed by atoms with Gasteiger partial charge < -0.3 is 9.84 Å². The standard InChI is InChI=1S/C20H23ClN4O2/c1-5-17(15-9-7-6-8-10-15)22-20(26)19-16(14(4)27-24-19)11-25-13(3)18(21)12(2)23-25/h6-10,17H,5,11H2,1-4H3,(H,22,26). The summed E-state index contributed by atoms with van der Waals surface area (Å²) in [4.78, 5) is 12.9. The van der Waals surface area contributed by atoms with Gasteiger partial charge in [-0.25, -0.2) is 0 Å². The first-order chi connectivity index (χ1) is 12.9. The number of aromatic nitrogens is 3. The molecule has 1 amide bonds. The van der Waals surface area contributed by atoms with Crippen molar-refractivity contribution in [1.29, 1.82) is 0 Å². The van der Waals surface area contributed by atoms with Crippen LogP contribution in [0.3, 0.4) is 0 Å². The molecule has 1 N–H and O–H groups in total. The summed E-state index contributed by atoms with van der Waals surface area (Å²) in [6, 6.07) is 9.79. The van der Waals surface area contributed by atoms with Crippen molar-refractivity contribution >= 4 is 17.5 Å². The second-order valence-corrected chi connectivity index (χ2v) is 6.93. The average molecular weight is 387 g/mol. The number of rotatable bonds is 6. The number of hydrogen-bond acceptors (Lipinski definition) is 4. The zero-order valence-electron chi connectivity index (χ0n) is 15.9. The third-order valence-electron chi connectivity index (χ3n) is 4.72. The molecule has 0 radical (unpaired) electrons. The molecule has 3 rings (SSSR count). The molecule has 27 heavy (non-hydrogen) atoms. The van der Waals surface area contributed by atoms with Crippen LogP contribution in [0.25, 0.3) is 0 Å². The lowest BCUT2D eigenvalue weighted by Crippen LogP contribution is -2.29. The number of halogens is 1. The Balaban J connectivity index is 1.85. The van der Waals surface area contributed by atoms with Crippen LogP contribution in [0, 0.1) is 20.8 Å². The van der Waals surface area contributed by atoms with E-state index in [1.54, 1.807) is 11.6 Å². The van der Waals surface area contributed by atoms with E-state index in [4.69, 9.17) is 16.1 Å². The van der Waals surface area contributed by atoms with Crippen molar-refractivity contribution in [1.82, 2.24) is 20.3 Å². The minimum absolute atomic E-state index is 0.0910. The minimum atomic E-state index is -0.259. The molecule has 7 heteroatoms. The Morgan fingerprint density at radius 2 is 1.96 bits per heavy atom. The SMILES string of the molecule is CCC(NC(=O)c1noc(C)c1Cn1nc(C)c(Cl)c1C)c1ccccc1. The van der Waals surface area contributed by atoms with Crippen LogP contribution in [0.2, 0.25) is 5.02 Å². The lowest BCUT2D eigenvalue weighted by Gasteiger charge is -2.17. The van der Waals surface area contributed by atoms with Crippen molar-refractivity contribution in [3.8, 4) is 0 Å². The van der Waals surface area contributed by atoms with Crippen molar-refractivity contribution in [2.24, 2.45) is 0 Å². The Morgan fingerprint density at radius 3 is 2.56 bits per heavy atom. The van der Waals surface area contributed by atoms with Gasteiger partial charge >= 0.3 is 0 Å². The Labute approximate surface area is 163 Å². The largest absolute Gasteiger partial charge is 0.361 e. The molecule has 1 atom stereocenters. The van der Waals surface area contributed by atoms with Crippen LogP contribution in [0.1, 0.15) is 58.1 Å². The molecule has 0 aliphatic carbocycles. The first-order valence-electron chi connectivity index (χ1n) is 8.92. The van der Waals surface area contributed by atoms with Crippen molar-refractivity contribution < 1.29 is 9.32 Å². The fraction of sp³-hybridized carbons (Fsp3) is 0.350. The van der Waals surface area contributed by atoms with Gasteiger partial charge in [0.1, 0.15) is 5.76 Å². The molecule has 1 aromatic carbocycles. The normalized spacial score (nSPS) is 12.2. The highest BCUT2D eigenvalue weighted by Crippen LogP contribution is 2.23. The molecule has 2 aromatic heterocycles. The number of benzene rings is 1. The zero-order chi connectivity index (χ0) is 19.6. The molecule has 0 aliphatic heterocycles. The van der Waals surface area contributed by atoms with Crippen LogP contribution in [-0.4, -0.2) is 20.8 Å². The number of nitrogens with one attached hydrogen (secondary N) is 1. The summed E-state index contributed by atoms with van der Waals surface area (Å²) in [5.74, 6) is 0.335. The molecule has 0 spiro atoms. The van der Waals surface area contributed by atoms with Crippen molar-refractivity contribution in [3.63, 3.8) is 0 Å². The van der Waals surface area contributed by atoms with Gasteiger partial charge in [-0.2, -0.15) is 5.10 Å². The Morgan fingerprint density at radius 1 is 1.26 bits per heavy atom. The van der Waals surface area contributed by atoms with Crippen LogP contribution in [0.5, 0.6) is 0 Å². The monoisotopic (exact) mass is 386 g/mol. The summed E-state index contributed by atoms with van der Waals surface area (Å²) in [6.45, 7) is 7.95. The zero-order valence-corrected chi connectivity index (χ0v) is 16.7. The molecular weight excluding hydrogens is 364 g/mol. The summed E-state index contributed by atoms with van der Waals surface area (Å²) < 4.78 is 7.07. The molecule has 6 nitrogen and oxygen atoms in total.